The zero-order valence-corrected chi connectivity index (χ0v) is 23.8. The standard InChI is InChI=1S/C26H42N2O8S/c1-8-34-22(29)15-19(3)20-11-10-12-21(16-20)26(6,24(31)28-27-7)13-14-36-25(4,5)18-37(32,33)17-23(30)35-9-2/h10-12,16,19,27H,8-9,13-15,17-18H2,1-7H3,(H,28,31). The minimum Gasteiger partial charge on any atom is -0.466 e. The topological polar surface area (TPSA) is 137 Å². The Hall–Kier alpha value is -2.50. The van der Waals surface area contributed by atoms with Crippen LogP contribution in [0.3, 0.4) is 0 Å². The van der Waals surface area contributed by atoms with Gasteiger partial charge in [0, 0.05) is 13.7 Å². The lowest BCUT2D eigenvalue weighted by atomic mass is 9.77. The molecule has 0 aromatic heterocycles. The third-order valence-electron chi connectivity index (χ3n) is 5.92. The molecule has 1 aromatic carbocycles. The van der Waals surface area contributed by atoms with Gasteiger partial charge in [-0.25, -0.2) is 13.8 Å². The maximum atomic E-state index is 13.1. The number of carbonyl (C=O) groups is 3. The Morgan fingerprint density at radius 2 is 1.65 bits per heavy atom. The molecule has 0 saturated carbocycles. The van der Waals surface area contributed by atoms with Crippen molar-refractivity contribution in [2.45, 2.75) is 71.3 Å². The van der Waals surface area contributed by atoms with Gasteiger partial charge in [-0.05, 0) is 58.1 Å². The van der Waals surface area contributed by atoms with Gasteiger partial charge in [-0.3, -0.25) is 19.8 Å². The van der Waals surface area contributed by atoms with Crippen molar-refractivity contribution in [3.8, 4) is 0 Å². The maximum Gasteiger partial charge on any atom is 0.321 e. The first-order chi connectivity index (χ1) is 17.2. The Morgan fingerprint density at radius 3 is 2.24 bits per heavy atom. The van der Waals surface area contributed by atoms with E-state index in [2.05, 4.69) is 10.9 Å². The minimum atomic E-state index is -3.76. The predicted octanol–water partition coefficient (Wildman–Crippen LogP) is 2.41. The summed E-state index contributed by atoms with van der Waals surface area (Å²) in [5.41, 5.74) is 4.79. The van der Waals surface area contributed by atoms with E-state index >= 15 is 0 Å². The third-order valence-corrected chi connectivity index (χ3v) is 7.73. The van der Waals surface area contributed by atoms with Gasteiger partial charge in [0.25, 0.3) is 0 Å². The van der Waals surface area contributed by atoms with Crippen LogP contribution in [0.2, 0.25) is 0 Å². The van der Waals surface area contributed by atoms with E-state index in [1.807, 2.05) is 31.2 Å². The predicted molar refractivity (Wildman–Crippen MR) is 141 cm³/mol. The maximum absolute atomic E-state index is 13.1. The van der Waals surface area contributed by atoms with Crippen molar-refractivity contribution in [3.05, 3.63) is 35.4 Å². The fourth-order valence-corrected chi connectivity index (χ4v) is 5.64. The molecule has 0 heterocycles. The van der Waals surface area contributed by atoms with Crippen molar-refractivity contribution in [3.63, 3.8) is 0 Å². The van der Waals surface area contributed by atoms with Crippen LogP contribution in [0, 0.1) is 0 Å². The molecule has 10 nitrogen and oxygen atoms in total. The number of esters is 2. The van der Waals surface area contributed by atoms with E-state index in [-0.39, 0.29) is 49.6 Å². The van der Waals surface area contributed by atoms with Crippen molar-refractivity contribution in [1.29, 1.82) is 0 Å². The lowest BCUT2D eigenvalue weighted by Crippen LogP contribution is -2.48. The molecule has 2 N–H and O–H groups in total. The minimum absolute atomic E-state index is 0.0815. The molecule has 2 unspecified atom stereocenters. The van der Waals surface area contributed by atoms with Crippen LogP contribution in [0.15, 0.2) is 24.3 Å². The highest BCUT2D eigenvalue weighted by Crippen LogP contribution is 2.32. The average molecular weight is 543 g/mol. The van der Waals surface area contributed by atoms with E-state index < -0.39 is 32.6 Å². The molecule has 0 radical (unpaired) electrons. The summed E-state index contributed by atoms with van der Waals surface area (Å²) in [5, 5.41) is 0. The normalized spacial score (nSPS) is 14.4. The Morgan fingerprint density at radius 1 is 1.03 bits per heavy atom. The van der Waals surface area contributed by atoms with Crippen LogP contribution in [0.5, 0.6) is 0 Å². The molecule has 0 saturated heterocycles. The van der Waals surface area contributed by atoms with E-state index in [0.29, 0.717) is 6.61 Å². The number of carbonyl (C=O) groups excluding carboxylic acids is 3. The summed E-state index contributed by atoms with van der Waals surface area (Å²) >= 11 is 0. The SMILES string of the molecule is CCOC(=O)CC(C)c1cccc(C(C)(CCOC(C)(C)CS(=O)(=O)CC(=O)OCC)C(=O)NNC)c1. The molecular weight excluding hydrogens is 500 g/mol. The van der Waals surface area contributed by atoms with Gasteiger partial charge in [0.15, 0.2) is 9.84 Å². The van der Waals surface area contributed by atoms with Gasteiger partial charge in [-0.1, -0.05) is 31.2 Å². The van der Waals surface area contributed by atoms with E-state index in [1.165, 1.54) is 0 Å². The van der Waals surface area contributed by atoms with E-state index in [9.17, 15) is 22.8 Å². The third kappa shape index (κ3) is 10.8. The van der Waals surface area contributed by atoms with Crippen LogP contribution in [0.25, 0.3) is 0 Å². The summed E-state index contributed by atoms with van der Waals surface area (Å²) in [6.07, 6.45) is 0.464. The molecule has 11 heteroatoms. The second-order valence-corrected chi connectivity index (χ2v) is 11.8. The molecule has 0 spiro atoms. The highest BCUT2D eigenvalue weighted by atomic mass is 32.2. The first kappa shape index (κ1) is 32.5. The Bertz CT molecular complexity index is 1030. The number of nitrogens with one attached hydrogen (secondary N) is 2. The van der Waals surface area contributed by atoms with Gasteiger partial charge >= 0.3 is 11.9 Å². The number of hydrogen-bond acceptors (Lipinski definition) is 9. The Balaban J connectivity index is 3.04. The van der Waals surface area contributed by atoms with Gasteiger partial charge < -0.3 is 14.2 Å². The number of ether oxygens (including phenoxy) is 3. The average Bonchev–Trinajstić information content (AvgIpc) is 2.78. The largest absolute Gasteiger partial charge is 0.466 e. The fourth-order valence-electron chi connectivity index (χ4n) is 3.95. The summed E-state index contributed by atoms with van der Waals surface area (Å²) in [6.45, 7) is 10.8. The van der Waals surface area contributed by atoms with Crippen LogP contribution < -0.4 is 10.9 Å². The first-order valence-corrected chi connectivity index (χ1v) is 14.2. The van der Waals surface area contributed by atoms with E-state index in [1.54, 1.807) is 41.7 Å². The highest BCUT2D eigenvalue weighted by Gasteiger charge is 2.37. The summed E-state index contributed by atoms with van der Waals surface area (Å²) in [7, 11) is -2.17. The van der Waals surface area contributed by atoms with Crippen molar-refractivity contribution in [2.24, 2.45) is 0 Å². The van der Waals surface area contributed by atoms with E-state index in [0.717, 1.165) is 11.1 Å². The van der Waals surface area contributed by atoms with Gasteiger partial charge in [-0.2, -0.15) is 0 Å². The quantitative estimate of drug-likeness (QED) is 0.238. The second kappa shape index (κ2) is 14.4. The lowest BCUT2D eigenvalue weighted by molar-refractivity contribution is -0.143. The number of hydrazine groups is 1. The first-order valence-electron chi connectivity index (χ1n) is 12.4. The zero-order valence-electron chi connectivity index (χ0n) is 23.0. The zero-order chi connectivity index (χ0) is 28.3. The lowest BCUT2D eigenvalue weighted by Gasteiger charge is -2.32. The Labute approximate surface area is 220 Å². The number of amides is 1. The molecule has 1 amide bonds. The monoisotopic (exact) mass is 542 g/mol. The summed E-state index contributed by atoms with van der Waals surface area (Å²) in [6, 6.07) is 7.47. The molecule has 1 rings (SSSR count). The summed E-state index contributed by atoms with van der Waals surface area (Å²) in [4.78, 5) is 36.7. The van der Waals surface area contributed by atoms with Crippen molar-refractivity contribution >= 4 is 27.7 Å². The van der Waals surface area contributed by atoms with Crippen molar-refractivity contribution in [1.82, 2.24) is 10.9 Å². The molecule has 210 valence electrons. The molecule has 1 aromatic rings. The molecule has 37 heavy (non-hydrogen) atoms. The van der Waals surface area contributed by atoms with Crippen LogP contribution >= 0.6 is 0 Å². The molecule has 0 fully saturated rings. The number of sulfone groups is 1. The van der Waals surface area contributed by atoms with Crippen LogP contribution in [0.4, 0.5) is 0 Å². The second-order valence-electron chi connectivity index (χ2n) is 9.77. The smallest absolute Gasteiger partial charge is 0.321 e. The molecule has 0 aliphatic heterocycles. The highest BCUT2D eigenvalue weighted by molar-refractivity contribution is 7.92. The number of benzene rings is 1. The molecule has 0 aliphatic carbocycles. The molecular formula is C26H42N2O8S. The Kier molecular flexibility index (Phi) is 12.7. The van der Waals surface area contributed by atoms with E-state index in [4.69, 9.17) is 14.2 Å². The van der Waals surface area contributed by atoms with Crippen LogP contribution in [-0.4, -0.2) is 70.2 Å². The van der Waals surface area contributed by atoms with Crippen molar-refractivity contribution in [2.75, 3.05) is 38.4 Å². The van der Waals surface area contributed by atoms with Gasteiger partial charge in [0.05, 0.1) is 36.4 Å². The summed E-state index contributed by atoms with van der Waals surface area (Å²) < 4.78 is 40.6. The molecule has 0 bridgehead atoms. The van der Waals surface area contributed by atoms with Gasteiger partial charge in [-0.15, -0.1) is 0 Å². The van der Waals surface area contributed by atoms with Crippen molar-refractivity contribution < 1.29 is 37.0 Å². The number of rotatable bonds is 16. The van der Waals surface area contributed by atoms with Crippen LogP contribution in [-0.2, 0) is 43.8 Å². The molecule has 2 atom stereocenters. The number of hydrogen-bond donors (Lipinski definition) is 2. The summed E-state index contributed by atoms with van der Waals surface area (Å²) in [5.74, 6) is -2.58. The fraction of sp³-hybridized carbons (Fsp3) is 0.654. The van der Waals surface area contributed by atoms with Crippen LogP contribution in [0.1, 0.15) is 71.4 Å². The molecule has 0 aliphatic rings. The van der Waals surface area contributed by atoms with Gasteiger partial charge in [0.2, 0.25) is 5.91 Å². The van der Waals surface area contributed by atoms with Gasteiger partial charge in [0.1, 0.15) is 5.75 Å².